The van der Waals surface area contributed by atoms with Crippen molar-refractivity contribution in [2.45, 2.75) is 38.9 Å². The van der Waals surface area contributed by atoms with Crippen molar-refractivity contribution in [1.29, 1.82) is 0 Å². The first-order valence-corrected chi connectivity index (χ1v) is 10.9. The number of para-hydroxylation sites is 2. The van der Waals surface area contributed by atoms with E-state index in [4.69, 9.17) is 4.74 Å². The molecule has 8 nitrogen and oxygen atoms in total. The number of benzene rings is 1. The van der Waals surface area contributed by atoms with Gasteiger partial charge in [-0.2, -0.15) is 5.10 Å². The van der Waals surface area contributed by atoms with Crippen LogP contribution in [0.25, 0.3) is 5.69 Å². The van der Waals surface area contributed by atoms with Gasteiger partial charge in [-0.3, -0.25) is 14.5 Å². The molecule has 2 amide bonds. The Balaban J connectivity index is 1.45. The zero-order valence-electron chi connectivity index (χ0n) is 18.7. The highest BCUT2D eigenvalue weighted by Gasteiger charge is 2.46. The van der Waals surface area contributed by atoms with Crippen LogP contribution in [0.1, 0.15) is 25.8 Å². The smallest absolute Gasteiger partial charge is 0.247 e. The summed E-state index contributed by atoms with van der Waals surface area (Å²) in [5, 5.41) is 4.49. The van der Waals surface area contributed by atoms with Crippen LogP contribution in [0.4, 0.5) is 0 Å². The molecule has 31 heavy (non-hydrogen) atoms. The molecule has 0 saturated carbocycles. The summed E-state index contributed by atoms with van der Waals surface area (Å²) in [5.74, 6) is 1.25. The van der Waals surface area contributed by atoms with Crippen molar-refractivity contribution in [3.05, 3.63) is 42.2 Å². The number of nitrogens with zero attached hydrogens (tertiary/aromatic N) is 5. The Kier molecular flexibility index (Phi) is 6.00. The molecule has 3 heterocycles. The summed E-state index contributed by atoms with van der Waals surface area (Å²) in [7, 11) is 3.41. The topological polar surface area (TPSA) is 70.9 Å². The summed E-state index contributed by atoms with van der Waals surface area (Å²) in [6.07, 6.45) is 4.54. The molecule has 0 spiro atoms. The van der Waals surface area contributed by atoms with Crippen LogP contribution in [0.15, 0.2) is 36.7 Å². The number of rotatable bonds is 6. The van der Waals surface area contributed by atoms with Gasteiger partial charge in [0.15, 0.2) is 0 Å². The Hall–Kier alpha value is -2.87. The predicted molar refractivity (Wildman–Crippen MR) is 117 cm³/mol. The van der Waals surface area contributed by atoms with Gasteiger partial charge in [0, 0.05) is 45.0 Å². The average Bonchev–Trinajstić information content (AvgIpc) is 3.23. The second kappa shape index (κ2) is 8.70. The van der Waals surface area contributed by atoms with Crippen molar-refractivity contribution in [2.75, 3.05) is 33.8 Å². The van der Waals surface area contributed by atoms with E-state index >= 15 is 0 Å². The molecule has 2 saturated heterocycles. The zero-order valence-corrected chi connectivity index (χ0v) is 18.7. The van der Waals surface area contributed by atoms with Gasteiger partial charge in [-0.25, -0.2) is 4.68 Å². The Labute approximate surface area is 183 Å². The van der Waals surface area contributed by atoms with E-state index in [0.717, 1.165) is 23.5 Å². The SMILES string of the molecule is COc1ccccc1-n1cc(CN2CCN3C(=O)[C@H](CC(C)C)N(C)C(=O)[C@H]3C2)cn1. The van der Waals surface area contributed by atoms with Gasteiger partial charge in [0.25, 0.3) is 0 Å². The lowest BCUT2D eigenvalue weighted by Gasteiger charge is -2.48. The standard InChI is InChI=1S/C23H31N5O3/c1-16(2)11-19-23(30)27-10-9-26(15-20(27)22(29)25(19)3)13-17-12-24-28(14-17)18-7-5-6-8-21(18)31-4/h5-8,12,14,16,19-20H,9-11,13,15H2,1-4H3/t19-,20+/m0/s1. The Morgan fingerprint density at radius 2 is 1.94 bits per heavy atom. The summed E-state index contributed by atoms with van der Waals surface area (Å²) < 4.78 is 7.24. The lowest BCUT2D eigenvalue weighted by Crippen LogP contribution is -2.69. The summed E-state index contributed by atoms with van der Waals surface area (Å²) in [6.45, 7) is 6.72. The first-order valence-electron chi connectivity index (χ1n) is 10.9. The molecule has 2 fully saturated rings. The molecule has 4 rings (SSSR count). The summed E-state index contributed by atoms with van der Waals surface area (Å²) in [5.41, 5.74) is 1.94. The van der Waals surface area contributed by atoms with Gasteiger partial charge in [0.2, 0.25) is 11.8 Å². The Morgan fingerprint density at radius 1 is 1.16 bits per heavy atom. The third-order valence-corrected chi connectivity index (χ3v) is 6.20. The normalized spacial score (nSPS) is 22.2. The van der Waals surface area contributed by atoms with Crippen LogP contribution in [0.3, 0.4) is 0 Å². The number of ether oxygens (including phenoxy) is 1. The van der Waals surface area contributed by atoms with Crippen LogP contribution in [-0.2, 0) is 16.1 Å². The number of piperazine rings is 2. The van der Waals surface area contributed by atoms with Crippen molar-refractivity contribution in [3.63, 3.8) is 0 Å². The molecule has 0 aliphatic carbocycles. The van der Waals surface area contributed by atoms with Gasteiger partial charge in [-0.15, -0.1) is 0 Å². The van der Waals surface area contributed by atoms with E-state index in [0.29, 0.717) is 32.0 Å². The highest BCUT2D eigenvalue weighted by molar-refractivity contribution is 5.97. The minimum Gasteiger partial charge on any atom is -0.494 e. The molecule has 8 heteroatoms. The fourth-order valence-corrected chi connectivity index (χ4v) is 4.56. The first kappa shape index (κ1) is 21.4. The fraction of sp³-hybridized carbons (Fsp3) is 0.522. The lowest BCUT2D eigenvalue weighted by atomic mass is 9.95. The fourth-order valence-electron chi connectivity index (χ4n) is 4.56. The molecule has 1 aromatic heterocycles. The van der Waals surface area contributed by atoms with Crippen LogP contribution in [-0.4, -0.2) is 82.2 Å². The van der Waals surface area contributed by atoms with Crippen molar-refractivity contribution in [1.82, 2.24) is 24.5 Å². The molecule has 1 aromatic carbocycles. The molecule has 0 radical (unpaired) electrons. The van der Waals surface area contributed by atoms with E-state index in [2.05, 4.69) is 23.8 Å². The number of hydrogen-bond acceptors (Lipinski definition) is 5. The lowest BCUT2D eigenvalue weighted by molar-refractivity contribution is -0.164. The summed E-state index contributed by atoms with van der Waals surface area (Å²) >= 11 is 0. The predicted octanol–water partition coefficient (Wildman–Crippen LogP) is 1.78. The number of aromatic nitrogens is 2. The third-order valence-electron chi connectivity index (χ3n) is 6.20. The molecular weight excluding hydrogens is 394 g/mol. The van der Waals surface area contributed by atoms with Crippen molar-refractivity contribution in [3.8, 4) is 11.4 Å². The van der Waals surface area contributed by atoms with E-state index in [1.807, 2.05) is 41.3 Å². The van der Waals surface area contributed by atoms with Crippen LogP contribution < -0.4 is 4.74 Å². The molecule has 2 aliphatic rings. The average molecular weight is 426 g/mol. The van der Waals surface area contributed by atoms with Crippen molar-refractivity contribution in [2.24, 2.45) is 5.92 Å². The maximum Gasteiger partial charge on any atom is 0.247 e. The second-order valence-electron chi connectivity index (χ2n) is 8.84. The van der Waals surface area contributed by atoms with Crippen molar-refractivity contribution < 1.29 is 14.3 Å². The maximum absolute atomic E-state index is 13.0. The van der Waals surface area contributed by atoms with Crippen LogP contribution in [0.2, 0.25) is 0 Å². The highest BCUT2D eigenvalue weighted by Crippen LogP contribution is 2.26. The van der Waals surface area contributed by atoms with Gasteiger partial charge in [0.05, 0.1) is 13.3 Å². The van der Waals surface area contributed by atoms with Gasteiger partial charge in [-0.1, -0.05) is 26.0 Å². The van der Waals surface area contributed by atoms with Gasteiger partial charge in [-0.05, 0) is 24.5 Å². The van der Waals surface area contributed by atoms with Crippen molar-refractivity contribution >= 4 is 11.8 Å². The quantitative estimate of drug-likeness (QED) is 0.706. The monoisotopic (exact) mass is 425 g/mol. The highest BCUT2D eigenvalue weighted by atomic mass is 16.5. The number of fused-ring (bicyclic) bond motifs is 1. The second-order valence-corrected chi connectivity index (χ2v) is 8.84. The van der Waals surface area contributed by atoms with E-state index in [-0.39, 0.29) is 17.9 Å². The Morgan fingerprint density at radius 3 is 2.68 bits per heavy atom. The largest absolute Gasteiger partial charge is 0.494 e. The molecule has 0 unspecified atom stereocenters. The van der Waals surface area contributed by atoms with E-state index in [9.17, 15) is 9.59 Å². The molecule has 2 aromatic rings. The molecular formula is C23H31N5O3. The molecule has 166 valence electrons. The molecule has 0 bridgehead atoms. The maximum atomic E-state index is 13.0. The zero-order chi connectivity index (χ0) is 22.1. The minimum atomic E-state index is -0.404. The third kappa shape index (κ3) is 4.17. The Bertz CT molecular complexity index is 956. The van der Waals surface area contributed by atoms with E-state index in [1.165, 1.54) is 0 Å². The summed E-state index contributed by atoms with van der Waals surface area (Å²) in [6, 6.07) is 7.01. The van der Waals surface area contributed by atoms with E-state index in [1.54, 1.807) is 24.0 Å². The van der Waals surface area contributed by atoms with Gasteiger partial charge < -0.3 is 14.5 Å². The summed E-state index contributed by atoms with van der Waals surface area (Å²) in [4.78, 5) is 31.7. The molecule has 2 aliphatic heterocycles. The molecule has 0 N–H and O–H groups in total. The minimum absolute atomic E-state index is 0.0414. The number of methoxy groups -OCH3 is 1. The van der Waals surface area contributed by atoms with Crippen LogP contribution in [0, 0.1) is 5.92 Å². The number of likely N-dealkylation sites (N-methyl/N-ethyl adjacent to an activating group) is 1. The number of carbonyl (C=O) groups excluding carboxylic acids is 2. The number of hydrogen-bond donors (Lipinski definition) is 0. The first-order chi connectivity index (χ1) is 14.9. The van der Waals surface area contributed by atoms with Crippen LogP contribution in [0.5, 0.6) is 5.75 Å². The van der Waals surface area contributed by atoms with E-state index < -0.39 is 6.04 Å². The number of amides is 2. The van der Waals surface area contributed by atoms with Gasteiger partial charge >= 0.3 is 0 Å². The molecule has 2 atom stereocenters. The number of carbonyl (C=O) groups is 2. The van der Waals surface area contributed by atoms with Gasteiger partial charge in [0.1, 0.15) is 23.5 Å². The van der Waals surface area contributed by atoms with Crippen LogP contribution >= 0.6 is 0 Å².